The second kappa shape index (κ2) is 23.7. The lowest BCUT2D eigenvalue weighted by molar-refractivity contribution is -0.145. The van der Waals surface area contributed by atoms with E-state index in [1.807, 2.05) is 48.5 Å². The molecule has 0 aliphatic carbocycles. The Kier molecular flexibility index (Phi) is 19.7. The third-order valence-corrected chi connectivity index (χ3v) is 7.34. The molecule has 2 rings (SSSR count). The summed E-state index contributed by atoms with van der Waals surface area (Å²) in [5, 5.41) is 0. The summed E-state index contributed by atoms with van der Waals surface area (Å²) in [4.78, 5) is 46.4. The van der Waals surface area contributed by atoms with Gasteiger partial charge in [0.1, 0.15) is 51.1 Å². The number of benzene rings is 2. The van der Waals surface area contributed by atoms with Gasteiger partial charge in [-0.05, 0) is 62.1 Å². The standard InChI is InChI=1S/C39H52O12/c1-29(2)37(42)50-23-21-44-19-7-9-35(40)48-27-25-46-33-15-11-31(12-16-33)39(5,6)32-13-17-34(18-14-32)47-26-28-49-36(41)10-8-20-45-22-24-51-38(43)30(3)4/h11-18H,1,3,7-10,19-28H2,2,4-6H3. The Hall–Kier alpha value is -4.68. The molecule has 0 spiro atoms. The minimum atomic E-state index is -0.454. The van der Waals surface area contributed by atoms with Crippen LogP contribution in [0.15, 0.2) is 72.8 Å². The maximum absolute atomic E-state index is 11.9. The Morgan fingerprint density at radius 3 is 1.22 bits per heavy atom. The normalized spacial score (nSPS) is 10.9. The largest absolute Gasteiger partial charge is 0.490 e. The molecule has 0 fully saturated rings. The van der Waals surface area contributed by atoms with Crippen LogP contribution in [0.4, 0.5) is 0 Å². The van der Waals surface area contributed by atoms with E-state index in [4.69, 9.17) is 37.9 Å². The van der Waals surface area contributed by atoms with Crippen LogP contribution in [0.1, 0.15) is 64.5 Å². The lowest BCUT2D eigenvalue weighted by Gasteiger charge is -2.26. The third kappa shape index (κ3) is 17.7. The van der Waals surface area contributed by atoms with Gasteiger partial charge in [-0.3, -0.25) is 9.59 Å². The van der Waals surface area contributed by atoms with Crippen molar-refractivity contribution in [2.24, 2.45) is 0 Å². The van der Waals surface area contributed by atoms with Gasteiger partial charge >= 0.3 is 23.9 Å². The third-order valence-electron chi connectivity index (χ3n) is 7.34. The fourth-order valence-electron chi connectivity index (χ4n) is 4.35. The summed E-state index contributed by atoms with van der Waals surface area (Å²) in [6, 6.07) is 15.6. The van der Waals surface area contributed by atoms with Crippen molar-refractivity contribution in [1.82, 2.24) is 0 Å². The van der Waals surface area contributed by atoms with Crippen LogP contribution in [-0.4, -0.2) is 89.9 Å². The predicted molar refractivity (Wildman–Crippen MR) is 190 cm³/mol. The molecule has 0 saturated carbocycles. The highest BCUT2D eigenvalue weighted by Gasteiger charge is 2.23. The molecule has 0 N–H and O–H groups in total. The van der Waals surface area contributed by atoms with Crippen LogP contribution in [0.3, 0.4) is 0 Å². The number of hydrogen-bond donors (Lipinski definition) is 0. The van der Waals surface area contributed by atoms with Gasteiger partial charge in [-0.25, -0.2) is 9.59 Å². The zero-order chi connectivity index (χ0) is 37.5. The van der Waals surface area contributed by atoms with E-state index in [1.54, 1.807) is 13.8 Å². The van der Waals surface area contributed by atoms with Crippen LogP contribution in [0.5, 0.6) is 11.5 Å². The highest BCUT2D eigenvalue weighted by molar-refractivity contribution is 5.87. The van der Waals surface area contributed by atoms with Crippen molar-refractivity contribution in [3.05, 3.63) is 84.0 Å². The molecule has 0 aromatic heterocycles. The molecule has 51 heavy (non-hydrogen) atoms. The van der Waals surface area contributed by atoms with Gasteiger partial charge in [-0.1, -0.05) is 51.3 Å². The maximum atomic E-state index is 11.9. The summed E-state index contributed by atoms with van der Waals surface area (Å²) in [5.74, 6) is -0.234. The first-order valence-electron chi connectivity index (χ1n) is 17.0. The van der Waals surface area contributed by atoms with Crippen molar-refractivity contribution in [3.63, 3.8) is 0 Å². The van der Waals surface area contributed by atoms with Gasteiger partial charge in [-0.2, -0.15) is 0 Å². The molecule has 12 nitrogen and oxygen atoms in total. The van der Waals surface area contributed by atoms with Crippen LogP contribution in [0.25, 0.3) is 0 Å². The van der Waals surface area contributed by atoms with Crippen LogP contribution in [0, 0.1) is 0 Å². The van der Waals surface area contributed by atoms with Crippen LogP contribution >= 0.6 is 0 Å². The fraction of sp³-hybridized carbons (Fsp3) is 0.487. The summed E-state index contributed by atoms with van der Waals surface area (Å²) < 4.78 is 42.5. The Labute approximate surface area is 301 Å². The molecule has 0 aliphatic heterocycles. The topological polar surface area (TPSA) is 142 Å². The van der Waals surface area contributed by atoms with Crippen molar-refractivity contribution in [3.8, 4) is 11.5 Å². The Bertz CT molecular complexity index is 1290. The van der Waals surface area contributed by atoms with Gasteiger partial charge in [0.05, 0.1) is 13.2 Å². The van der Waals surface area contributed by atoms with Gasteiger partial charge in [0.25, 0.3) is 0 Å². The number of carbonyl (C=O) groups excluding carboxylic acids is 4. The summed E-state index contributed by atoms with van der Waals surface area (Å²) in [5.41, 5.74) is 2.56. The first-order valence-corrected chi connectivity index (χ1v) is 17.0. The molecule has 2 aromatic carbocycles. The fourth-order valence-corrected chi connectivity index (χ4v) is 4.35. The van der Waals surface area contributed by atoms with Crippen molar-refractivity contribution < 1.29 is 57.1 Å². The monoisotopic (exact) mass is 712 g/mol. The summed E-state index contributed by atoms with van der Waals surface area (Å²) in [7, 11) is 0. The maximum Gasteiger partial charge on any atom is 0.333 e. The van der Waals surface area contributed by atoms with Crippen LogP contribution in [-0.2, 0) is 53.0 Å². The zero-order valence-electron chi connectivity index (χ0n) is 30.3. The van der Waals surface area contributed by atoms with E-state index in [9.17, 15) is 19.2 Å². The number of ether oxygens (including phenoxy) is 8. The summed E-state index contributed by atoms with van der Waals surface area (Å²) in [6.45, 7) is 16.6. The van der Waals surface area contributed by atoms with E-state index in [2.05, 4.69) is 27.0 Å². The Morgan fingerprint density at radius 2 is 0.863 bits per heavy atom. The molecule has 0 unspecified atom stereocenters. The Balaban J connectivity index is 1.59. The first-order chi connectivity index (χ1) is 24.4. The SMILES string of the molecule is C=C(C)C(=O)OCCOCCCC(=O)OCCOc1ccc(C(C)(C)c2ccc(OCCOC(=O)CCCOCCOC(=O)C(=C)C)cc2)cc1. The van der Waals surface area contributed by atoms with E-state index < -0.39 is 11.9 Å². The quantitative estimate of drug-likeness (QED) is 0.0512. The Morgan fingerprint density at radius 1 is 0.510 bits per heavy atom. The van der Waals surface area contributed by atoms with E-state index >= 15 is 0 Å². The zero-order valence-corrected chi connectivity index (χ0v) is 30.3. The molecule has 2 aromatic rings. The second-order valence-corrected chi connectivity index (χ2v) is 12.1. The van der Waals surface area contributed by atoms with Gasteiger partial charge in [-0.15, -0.1) is 0 Å². The smallest absolute Gasteiger partial charge is 0.333 e. The van der Waals surface area contributed by atoms with Gasteiger partial charge in [0, 0.05) is 42.6 Å². The molecule has 0 bridgehead atoms. The van der Waals surface area contributed by atoms with Crippen LogP contribution < -0.4 is 9.47 Å². The van der Waals surface area contributed by atoms with Gasteiger partial charge < -0.3 is 37.9 Å². The molecular weight excluding hydrogens is 660 g/mol. The number of carbonyl (C=O) groups is 4. The van der Waals surface area contributed by atoms with E-state index in [-0.39, 0.29) is 83.1 Å². The average molecular weight is 713 g/mol. The van der Waals surface area contributed by atoms with Crippen LogP contribution in [0.2, 0.25) is 0 Å². The highest BCUT2D eigenvalue weighted by Crippen LogP contribution is 2.33. The first kappa shape index (κ1) is 42.5. The van der Waals surface area contributed by atoms with Crippen molar-refractivity contribution in [2.45, 2.75) is 58.8 Å². The molecule has 0 heterocycles. The molecule has 0 amide bonds. The number of esters is 4. The van der Waals surface area contributed by atoms with Gasteiger partial charge in [0.2, 0.25) is 0 Å². The lowest BCUT2D eigenvalue weighted by atomic mass is 9.78. The molecule has 0 saturated heterocycles. The van der Waals surface area contributed by atoms with Crippen molar-refractivity contribution in [1.29, 1.82) is 0 Å². The minimum Gasteiger partial charge on any atom is -0.490 e. The molecule has 12 heteroatoms. The number of hydrogen-bond acceptors (Lipinski definition) is 12. The predicted octanol–water partition coefficient (Wildman–Crippen LogP) is 5.69. The van der Waals surface area contributed by atoms with E-state index in [0.717, 1.165) is 11.1 Å². The van der Waals surface area contributed by atoms with Gasteiger partial charge in [0.15, 0.2) is 0 Å². The minimum absolute atomic E-state index is 0.134. The lowest BCUT2D eigenvalue weighted by Crippen LogP contribution is -2.19. The van der Waals surface area contributed by atoms with E-state index in [0.29, 0.717) is 48.7 Å². The van der Waals surface area contributed by atoms with Crippen molar-refractivity contribution in [2.75, 3.05) is 66.1 Å². The highest BCUT2D eigenvalue weighted by atomic mass is 16.6. The van der Waals surface area contributed by atoms with Crippen molar-refractivity contribution >= 4 is 23.9 Å². The molecule has 0 radical (unpaired) electrons. The summed E-state index contributed by atoms with van der Waals surface area (Å²) in [6.07, 6.45) is 1.43. The number of rotatable bonds is 26. The molecule has 280 valence electrons. The molecule has 0 aliphatic rings. The average Bonchev–Trinajstić information content (AvgIpc) is 3.11. The summed E-state index contributed by atoms with van der Waals surface area (Å²) >= 11 is 0. The van der Waals surface area contributed by atoms with E-state index in [1.165, 1.54) is 0 Å². The molecular formula is C39H52O12. The second-order valence-electron chi connectivity index (χ2n) is 12.1. The molecule has 0 atom stereocenters.